The maximum absolute atomic E-state index is 12.5. The number of carbonyl (C=O) groups excluding carboxylic acids is 1. The average Bonchev–Trinajstić information content (AvgIpc) is 3.35. The number of aromatic nitrogens is 2. The molecule has 3 aromatic rings. The summed E-state index contributed by atoms with van der Waals surface area (Å²) in [5.74, 6) is 0.838. The number of benzene rings is 1. The largest absolute Gasteiger partial charge is 0.360 e. The molecule has 0 bridgehead atoms. The molecule has 1 amide bonds. The molecule has 2 heterocycles. The number of amides is 1. The van der Waals surface area contributed by atoms with E-state index >= 15 is 0 Å². The molecule has 0 spiro atoms. The molecule has 1 unspecified atom stereocenters. The first-order valence-corrected chi connectivity index (χ1v) is 11.4. The molecule has 0 aliphatic carbocycles. The number of rotatable bonds is 9. The molecule has 0 radical (unpaired) electrons. The molecular weight excluding hydrogens is 396 g/mol. The number of thiophene rings is 1. The molecule has 3 rings (SSSR count). The van der Waals surface area contributed by atoms with E-state index in [1.54, 1.807) is 11.3 Å². The number of anilines is 1. The first kappa shape index (κ1) is 19.9. The van der Waals surface area contributed by atoms with E-state index in [0.29, 0.717) is 11.7 Å². The van der Waals surface area contributed by atoms with E-state index in [2.05, 4.69) is 34.7 Å². The van der Waals surface area contributed by atoms with Gasteiger partial charge >= 0.3 is 0 Å². The summed E-state index contributed by atoms with van der Waals surface area (Å²) in [6.07, 6.45) is 0. The SMILES string of the molecule is CC(C)CNc1nnc(SCC(=O)NC(c2ccccc2)c2cccs2)s1. The topological polar surface area (TPSA) is 66.9 Å². The summed E-state index contributed by atoms with van der Waals surface area (Å²) >= 11 is 4.54. The summed E-state index contributed by atoms with van der Waals surface area (Å²) in [5.41, 5.74) is 1.08. The van der Waals surface area contributed by atoms with Crippen molar-refractivity contribution in [3.05, 3.63) is 58.3 Å². The summed E-state index contributed by atoms with van der Waals surface area (Å²) in [4.78, 5) is 13.7. The minimum absolute atomic E-state index is 0.0193. The van der Waals surface area contributed by atoms with E-state index in [0.717, 1.165) is 26.5 Å². The lowest BCUT2D eigenvalue weighted by atomic mass is 10.1. The zero-order valence-electron chi connectivity index (χ0n) is 15.2. The van der Waals surface area contributed by atoms with Crippen LogP contribution in [0.15, 0.2) is 52.2 Å². The van der Waals surface area contributed by atoms with Gasteiger partial charge in [-0.15, -0.1) is 21.5 Å². The van der Waals surface area contributed by atoms with E-state index in [9.17, 15) is 4.79 Å². The van der Waals surface area contributed by atoms with E-state index in [4.69, 9.17) is 0 Å². The normalized spacial score (nSPS) is 12.1. The Morgan fingerprint density at radius 1 is 1.15 bits per heavy atom. The lowest BCUT2D eigenvalue weighted by molar-refractivity contribution is -0.119. The summed E-state index contributed by atoms with van der Waals surface area (Å²) in [6.45, 7) is 5.15. The highest BCUT2D eigenvalue weighted by Gasteiger charge is 2.18. The predicted molar refractivity (Wildman–Crippen MR) is 115 cm³/mol. The molecule has 27 heavy (non-hydrogen) atoms. The Kier molecular flexibility index (Phi) is 7.25. The third-order valence-corrected chi connectivity index (χ3v) is 6.61. The lowest BCUT2D eigenvalue weighted by Gasteiger charge is -2.17. The van der Waals surface area contributed by atoms with Crippen LogP contribution in [-0.2, 0) is 4.79 Å². The maximum Gasteiger partial charge on any atom is 0.231 e. The van der Waals surface area contributed by atoms with Gasteiger partial charge in [0.2, 0.25) is 11.0 Å². The lowest BCUT2D eigenvalue weighted by Crippen LogP contribution is -2.30. The molecule has 0 fully saturated rings. The fourth-order valence-electron chi connectivity index (χ4n) is 2.38. The summed E-state index contributed by atoms with van der Waals surface area (Å²) in [6, 6.07) is 14.0. The van der Waals surface area contributed by atoms with Gasteiger partial charge in [0.25, 0.3) is 0 Å². The smallest absolute Gasteiger partial charge is 0.231 e. The minimum Gasteiger partial charge on any atom is -0.360 e. The van der Waals surface area contributed by atoms with Crippen LogP contribution in [0.3, 0.4) is 0 Å². The molecule has 2 aromatic heterocycles. The molecular formula is C19H22N4OS3. The second-order valence-corrected chi connectivity index (χ2v) is 9.54. The van der Waals surface area contributed by atoms with Crippen LogP contribution < -0.4 is 10.6 Å². The Bertz CT molecular complexity index is 834. The van der Waals surface area contributed by atoms with E-state index in [-0.39, 0.29) is 11.9 Å². The van der Waals surface area contributed by atoms with E-state index in [1.807, 2.05) is 47.8 Å². The number of nitrogens with one attached hydrogen (secondary N) is 2. The van der Waals surface area contributed by atoms with Crippen molar-refractivity contribution in [2.45, 2.75) is 24.2 Å². The minimum atomic E-state index is -0.128. The third-order valence-electron chi connectivity index (χ3n) is 3.66. The van der Waals surface area contributed by atoms with Gasteiger partial charge in [-0.25, -0.2) is 0 Å². The molecule has 8 heteroatoms. The molecule has 1 atom stereocenters. The van der Waals surface area contributed by atoms with Gasteiger partial charge in [0.05, 0.1) is 11.8 Å². The van der Waals surface area contributed by atoms with Crippen LogP contribution in [0.2, 0.25) is 0 Å². The monoisotopic (exact) mass is 418 g/mol. The average molecular weight is 419 g/mol. The van der Waals surface area contributed by atoms with Crippen LogP contribution in [0, 0.1) is 5.92 Å². The standard InChI is InChI=1S/C19H22N4OS3/c1-13(2)11-20-18-22-23-19(27-18)26-12-16(24)21-17(15-9-6-10-25-15)14-7-4-3-5-8-14/h3-10,13,17H,11-12H2,1-2H3,(H,20,22)(H,21,24). The highest BCUT2D eigenvalue weighted by Crippen LogP contribution is 2.28. The summed E-state index contributed by atoms with van der Waals surface area (Å²) < 4.78 is 0.795. The molecule has 0 aliphatic rings. The van der Waals surface area contributed by atoms with Gasteiger partial charge in [-0.05, 0) is 22.9 Å². The zero-order valence-corrected chi connectivity index (χ0v) is 17.7. The Hall–Kier alpha value is -1.90. The second kappa shape index (κ2) is 9.87. The van der Waals surface area contributed by atoms with Crippen molar-refractivity contribution >= 4 is 45.5 Å². The quantitative estimate of drug-likeness (QED) is 0.495. The van der Waals surface area contributed by atoms with Crippen LogP contribution in [0.1, 0.15) is 30.3 Å². The third kappa shape index (κ3) is 6.05. The Morgan fingerprint density at radius 3 is 2.67 bits per heavy atom. The first-order valence-electron chi connectivity index (χ1n) is 8.69. The Labute approximate surface area is 171 Å². The van der Waals surface area contributed by atoms with Crippen molar-refractivity contribution in [3.8, 4) is 0 Å². The molecule has 142 valence electrons. The van der Waals surface area contributed by atoms with Crippen LogP contribution in [0.4, 0.5) is 5.13 Å². The molecule has 0 saturated carbocycles. The van der Waals surface area contributed by atoms with Crippen LogP contribution >= 0.6 is 34.4 Å². The van der Waals surface area contributed by atoms with E-state index < -0.39 is 0 Å². The number of carbonyl (C=O) groups is 1. The number of nitrogens with zero attached hydrogens (tertiary/aromatic N) is 2. The molecule has 0 aliphatic heterocycles. The van der Waals surface area contributed by atoms with Crippen LogP contribution in [-0.4, -0.2) is 28.4 Å². The van der Waals surface area contributed by atoms with Crippen LogP contribution in [0.25, 0.3) is 0 Å². The van der Waals surface area contributed by atoms with Gasteiger partial charge in [-0.1, -0.05) is 73.3 Å². The fraction of sp³-hybridized carbons (Fsp3) is 0.316. The number of thioether (sulfide) groups is 1. The Morgan fingerprint density at radius 2 is 1.96 bits per heavy atom. The van der Waals surface area contributed by atoms with Gasteiger partial charge in [-0.2, -0.15) is 0 Å². The molecule has 5 nitrogen and oxygen atoms in total. The molecule has 2 N–H and O–H groups in total. The Balaban J connectivity index is 1.57. The van der Waals surface area contributed by atoms with Crippen molar-refractivity contribution in [1.82, 2.24) is 15.5 Å². The van der Waals surface area contributed by atoms with Gasteiger partial charge < -0.3 is 10.6 Å². The van der Waals surface area contributed by atoms with Crippen molar-refractivity contribution in [2.24, 2.45) is 5.92 Å². The fourth-order valence-corrected chi connectivity index (χ4v) is 4.75. The predicted octanol–water partition coefficient (Wildman–Crippen LogP) is 4.67. The van der Waals surface area contributed by atoms with Gasteiger partial charge in [0.1, 0.15) is 0 Å². The second-order valence-electron chi connectivity index (χ2n) is 6.36. The summed E-state index contributed by atoms with van der Waals surface area (Å²) in [5, 5.41) is 17.5. The number of hydrogen-bond acceptors (Lipinski definition) is 7. The van der Waals surface area contributed by atoms with E-state index in [1.165, 1.54) is 23.1 Å². The molecule has 0 saturated heterocycles. The summed E-state index contributed by atoms with van der Waals surface area (Å²) in [7, 11) is 0. The van der Waals surface area contributed by atoms with Crippen molar-refractivity contribution < 1.29 is 4.79 Å². The van der Waals surface area contributed by atoms with Crippen molar-refractivity contribution in [1.29, 1.82) is 0 Å². The van der Waals surface area contributed by atoms with Crippen LogP contribution in [0.5, 0.6) is 0 Å². The highest BCUT2D eigenvalue weighted by atomic mass is 32.2. The van der Waals surface area contributed by atoms with Gasteiger partial charge in [-0.3, -0.25) is 4.79 Å². The van der Waals surface area contributed by atoms with Gasteiger partial charge in [0, 0.05) is 11.4 Å². The highest BCUT2D eigenvalue weighted by molar-refractivity contribution is 8.01. The van der Waals surface area contributed by atoms with Crippen molar-refractivity contribution in [3.63, 3.8) is 0 Å². The maximum atomic E-state index is 12.5. The zero-order chi connectivity index (χ0) is 19.1. The first-order chi connectivity index (χ1) is 13.1. The number of hydrogen-bond donors (Lipinski definition) is 2. The van der Waals surface area contributed by atoms with Crippen molar-refractivity contribution in [2.75, 3.05) is 17.6 Å². The van der Waals surface area contributed by atoms with Gasteiger partial charge in [0.15, 0.2) is 4.34 Å². The molecule has 1 aromatic carbocycles.